The maximum absolute atomic E-state index is 12.3. The number of benzene rings is 2. The summed E-state index contributed by atoms with van der Waals surface area (Å²) in [5, 5.41) is 4.10. The van der Waals surface area contributed by atoms with Crippen LogP contribution in [0.2, 0.25) is 10.0 Å². The highest BCUT2D eigenvalue weighted by Gasteiger charge is 2.18. The van der Waals surface area contributed by atoms with Gasteiger partial charge in [0, 0.05) is 20.6 Å². The van der Waals surface area contributed by atoms with Crippen LogP contribution >= 0.6 is 35.0 Å². The summed E-state index contributed by atoms with van der Waals surface area (Å²) in [6, 6.07) is 14.6. The summed E-state index contributed by atoms with van der Waals surface area (Å²) >= 11 is 13.2. The molecular weight excluding hydrogens is 325 g/mol. The Kier molecular flexibility index (Phi) is 5.97. The molecule has 0 heterocycles. The number of rotatable bonds is 5. The van der Waals surface area contributed by atoms with Gasteiger partial charge in [-0.05, 0) is 55.0 Å². The highest BCUT2D eigenvalue weighted by molar-refractivity contribution is 8.00. The fraction of sp³-hybridized carbons (Fsp3) is 0.188. The fourth-order valence-corrected chi connectivity index (χ4v) is 2.96. The smallest absolute Gasteiger partial charge is 0.237 e. The minimum Gasteiger partial charge on any atom is -0.325 e. The van der Waals surface area contributed by atoms with Gasteiger partial charge in [-0.3, -0.25) is 4.79 Å². The molecule has 0 aliphatic heterocycles. The molecule has 0 saturated carbocycles. The van der Waals surface area contributed by atoms with Gasteiger partial charge >= 0.3 is 0 Å². The van der Waals surface area contributed by atoms with Crippen LogP contribution in [0.5, 0.6) is 0 Å². The van der Waals surface area contributed by atoms with Crippen LogP contribution in [0.1, 0.15) is 13.3 Å². The number of carbonyl (C=O) groups excluding carboxylic acids is 1. The molecule has 1 amide bonds. The van der Waals surface area contributed by atoms with E-state index < -0.39 is 0 Å². The summed E-state index contributed by atoms with van der Waals surface area (Å²) in [5.74, 6) is -0.0141. The minimum atomic E-state index is -0.151. The monoisotopic (exact) mass is 339 g/mol. The molecule has 2 aromatic rings. The van der Waals surface area contributed by atoms with Crippen molar-refractivity contribution >= 4 is 46.6 Å². The quantitative estimate of drug-likeness (QED) is 0.728. The van der Waals surface area contributed by atoms with Crippen LogP contribution in [0.25, 0.3) is 0 Å². The number of hydrogen-bond acceptors (Lipinski definition) is 2. The van der Waals surface area contributed by atoms with Crippen molar-refractivity contribution in [3.63, 3.8) is 0 Å². The predicted octanol–water partition coefficient (Wildman–Crippen LogP) is 5.50. The van der Waals surface area contributed by atoms with E-state index >= 15 is 0 Å². The number of anilines is 1. The normalized spacial score (nSPS) is 12.0. The first-order valence-electron chi connectivity index (χ1n) is 6.57. The number of nitrogens with one attached hydrogen (secondary N) is 1. The Hall–Kier alpha value is -1.16. The van der Waals surface area contributed by atoms with E-state index in [1.54, 1.807) is 24.3 Å². The molecule has 2 rings (SSSR count). The van der Waals surface area contributed by atoms with Gasteiger partial charge in [-0.25, -0.2) is 0 Å². The SMILES string of the molecule is CC[C@@H](Sc1ccc(Cl)cc1)C(=O)Nc1ccc(Cl)cc1. The van der Waals surface area contributed by atoms with E-state index in [1.165, 1.54) is 11.8 Å². The lowest BCUT2D eigenvalue weighted by molar-refractivity contribution is -0.115. The molecule has 0 fully saturated rings. The zero-order valence-electron chi connectivity index (χ0n) is 11.5. The van der Waals surface area contributed by atoms with Crippen molar-refractivity contribution in [2.45, 2.75) is 23.5 Å². The van der Waals surface area contributed by atoms with Crippen molar-refractivity contribution < 1.29 is 4.79 Å². The highest BCUT2D eigenvalue weighted by Crippen LogP contribution is 2.27. The number of carbonyl (C=O) groups is 1. The fourth-order valence-electron chi connectivity index (χ4n) is 1.76. The third kappa shape index (κ3) is 4.95. The van der Waals surface area contributed by atoms with Gasteiger partial charge in [-0.1, -0.05) is 30.1 Å². The van der Waals surface area contributed by atoms with Gasteiger partial charge in [-0.2, -0.15) is 0 Å². The molecule has 0 spiro atoms. The molecule has 5 heteroatoms. The average molecular weight is 340 g/mol. The molecule has 0 saturated heterocycles. The predicted molar refractivity (Wildman–Crippen MR) is 91.5 cm³/mol. The van der Waals surface area contributed by atoms with E-state index in [9.17, 15) is 4.79 Å². The van der Waals surface area contributed by atoms with Gasteiger partial charge in [0.05, 0.1) is 5.25 Å². The van der Waals surface area contributed by atoms with E-state index in [4.69, 9.17) is 23.2 Å². The summed E-state index contributed by atoms with van der Waals surface area (Å²) in [6.07, 6.45) is 0.743. The van der Waals surface area contributed by atoms with Crippen LogP contribution in [0.15, 0.2) is 53.4 Å². The molecule has 1 N–H and O–H groups in total. The second-order valence-corrected chi connectivity index (χ2v) is 6.61. The van der Waals surface area contributed by atoms with Gasteiger partial charge < -0.3 is 5.32 Å². The van der Waals surface area contributed by atoms with Gasteiger partial charge in [0.15, 0.2) is 0 Å². The van der Waals surface area contributed by atoms with Crippen molar-refractivity contribution in [3.8, 4) is 0 Å². The molecule has 0 aromatic heterocycles. The van der Waals surface area contributed by atoms with E-state index in [1.807, 2.05) is 31.2 Å². The van der Waals surface area contributed by atoms with E-state index in [0.29, 0.717) is 10.0 Å². The first kappa shape index (κ1) is 16.2. The van der Waals surface area contributed by atoms with Crippen molar-refractivity contribution in [1.29, 1.82) is 0 Å². The van der Waals surface area contributed by atoms with E-state index in [0.717, 1.165) is 17.0 Å². The summed E-state index contributed by atoms with van der Waals surface area (Å²) < 4.78 is 0. The third-order valence-corrected chi connectivity index (χ3v) is 4.75. The molecule has 21 heavy (non-hydrogen) atoms. The molecule has 0 radical (unpaired) electrons. The Morgan fingerprint density at radius 3 is 2.10 bits per heavy atom. The van der Waals surface area contributed by atoms with Gasteiger partial charge in [0.1, 0.15) is 0 Å². The largest absolute Gasteiger partial charge is 0.325 e. The van der Waals surface area contributed by atoms with E-state index in [-0.39, 0.29) is 11.2 Å². The highest BCUT2D eigenvalue weighted by atomic mass is 35.5. The average Bonchev–Trinajstić information content (AvgIpc) is 2.49. The lowest BCUT2D eigenvalue weighted by Gasteiger charge is -2.15. The first-order chi connectivity index (χ1) is 10.1. The van der Waals surface area contributed by atoms with E-state index in [2.05, 4.69) is 5.32 Å². The lowest BCUT2D eigenvalue weighted by Crippen LogP contribution is -2.24. The lowest BCUT2D eigenvalue weighted by atomic mass is 10.3. The summed E-state index contributed by atoms with van der Waals surface area (Å²) in [4.78, 5) is 13.3. The number of halogens is 2. The van der Waals surface area contributed by atoms with Crippen LogP contribution in [0.3, 0.4) is 0 Å². The third-order valence-electron chi connectivity index (χ3n) is 2.87. The molecule has 0 aliphatic carbocycles. The van der Waals surface area contributed by atoms with Crippen LogP contribution in [0.4, 0.5) is 5.69 Å². The van der Waals surface area contributed by atoms with Crippen LogP contribution < -0.4 is 5.32 Å². The van der Waals surface area contributed by atoms with Crippen molar-refractivity contribution in [2.75, 3.05) is 5.32 Å². The van der Waals surface area contributed by atoms with Crippen molar-refractivity contribution in [2.24, 2.45) is 0 Å². The minimum absolute atomic E-state index is 0.0141. The molecule has 2 aromatic carbocycles. The Labute approximate surface area is 138 Å². The number of amides is 1. The van der Waals surface area contributed by atoms with Gasteiger partial charge in [0.2, 0.25) is 5.91 Å². The maximum atomic E-state index is 12.3. The Balaban J connectivity index is 2.01. The Morgan fingerprint density at radius 2 is 1.57 bits per heavy atom. The van der Waals surface area contributed by atoms with Crippen molar-refractivity contribution in [1.82, 2.24) is 0 Å². The Bertz CT molecular complexity index is 599. The molecule has 110 valence electrons. The maximum Gasteiger partial charge on any atom is 0.237 e. The second-order valence-electron chi connectivity index (χ2n) is 4.46. The molecule has 1 atom stereocenters. The van der Waals surface area contributed by atoms with Crippen LogP contribution in [-0.4, -0.2) is 11.2 Å². The van der Waals surface area contributed by atoms with Gasteiger partial charge in [0.25, 0.3) is 0 Å². The number of thioether (sulfide) groups is 1. The molecule has 0 bridgehead atoms. The second kappa shape index (κ2) is 7.74. The van der Waals surface area contributed by atoms with Crippen LogP contribution in [0, 0.1) is 0 Å². The molecule has 0 unspecified atom stereocenters. The zero-order chi connectivity index (χ0) is 15.2. The first-order valence-corrected chi connectivity index (χ1v) is 8.20. The molecular formula is C16H15Cl2NOS. The molecule has 2 nitrogen and oxygen atoms in total. The topological polar surface area (TPSA) is 29.1 Å². The Morgan fingerprint density at radius 1 is 1.05 bits per heavy atom. The summed E-state index contributed by atoms with van der Waals surface area (Å²) in [5.41, 5.74) is 0.750. The van der Waals surface area contributed by atoms with Gasteiger partial charge in [-0.15, -0.1) is 11.8 Å². The molecule has 0 aliphatic rings. The number of hydrogen-bond donors (Lipinski definition) is 1. The summed E-state index contributed by atoms with van der Waals surface area (Å²) in [6.45, 7) is 2.00. The standard InChI is InChI=1S/C16H15Cl2NOS/c1-2-15(21-14-9-5-12(18)6-10-14)16(20)19-13-7-3-11(17)4-8-13/h3-10,15H,2H2,1H3,(H,19,20)/t15-/m1/s1. The van der Waals surface area contributed by atoms with Crippen molar-refractivity contribution in [3.05, 3.63) is 58.6 Å². The summed E-state index contributed by atoms with van der Waals surface area (Å²) in [7, 11) is 0. The van der Waals surface area contributed by atoms with Crippen LogP contribution in [-0.2, 0) is 4.79 Å². The zero-order valence-corrected chi connectivity index (χ0v) is 13.8.